The van der Waals surface area contributed by atoms with Crippen LogP contribution in [0.3, 0.4) is 0 Å². The minimum Gasteiger partial charge on any atom is -0.350 e. The van der Waals surface area contributed by atoms with Crippen LogP contribution in [-0.2, 0) is 29.1 Å². The maximum atomic E-state index is 13.1. The van der Waals surface area contributed by atoms with E-state index in [1.54, 1.807) is 22.0 Å². The third kappa shape index (κ3) is 4.82. The fourth-order valence-corrected chi connectivity index (χ4v) is 3.85. The Morgan fingerprint density at radius 2 is 1.94 bits per heavy atom. The fraction of sp³-hybridized carbons (Fsp3) is 0.333. The van der Waals surface area contributed by atoms with Crippen LogP contribution in [0.2, 0.25) is 0 Å². The first kappa shape index (κ1) is 20.8. The average Bonchev–Trinajstić information content (AvgIpc) is 3.31. The molecule has 0 saturated heterocycles. The van der Waals surface area contributed by atoms with Crippen molar-refractivity contribution >= 4 is 11.8 Å². The predicted molar refractivity (Wildman–Crippen MR) is 117 cm³/mol. The third-order valence-electron chi connectivity index (χ3n) is 5.47. The van der Waals surface area contributed by atoms with Gasteiger partial charge in [0.15, 0.2) is 5.82 Å². The van der Waals surface area contributed by atoms with Crippen LogP contribution >= 0.6 is 0 Å². The Morgan fingerprint density at radius 3 is 2.61 bits per heavy atom. The van der Waals surface area contributed by atoms with E-state index in [4.69, 9.17) is 0 Å². The third-order valence-corrected chi connectivity index (χ3v) is 5.47. The molecular weight excluding hydrogens is 390 g/mol. The van der Waals surface area contributed by atoms with Gasteiger partial charge in [-0.15, -0.1) is 0 Å². The van der Waals surface area contributed by atoms with Gasteiger partial charge in [-0.1, -0.05) is 44.2 Å². The molecule has 1 aliphatic rings. The number of rotatable bonds is 6. The van der Waals surface area contributed by atoms with Crippen LogP contribution in [0.1, 0.15) is 37.0 Å². The molecule has 0 aliphatic carbocycles. The molecule has 0 bridgehead atoms. The number of nitrogens with zero attached hydrogens (tertiary/aromatic N) is 4. The molecule has 0 radical (unpaired) electrons. The van der Waals surface area contributed by atoms with Gasteiger partial charge in [0, 0.05) is 44.5 Å². The van der Waals surface area contributed by atoms with Crippen molar-refractivity contribution in [1.29, 1.82) is 0 Å². The highest BCUT2D eigenvalue weighted by Crippen LogP contribution is 2.25. The van der Waals surface area contributed by atoms with E-state index < -0.39 is 6.04 Å². The normalized spacial score (nSPS) is 15.6. The summed E-state index contributed by atoms with van der Waals surface area (Å²) in [5, 5.41) is 7.16. The number of hydrogen-bond donors (Lipinski definition) is 1. The Balaban J connectivity index is 1.45. The number of hydrogen-bond acceptors (Lipinski definition) is 4. The van der Waals surface area contributed by atoms with E-state index in [-0.39, 0.29) is 17.7 Å². The molecule has 1 N–H and O–H groups in total. The molecule has 1 aromatic carbocycles. The monoisotopic (exact) mass is 417 g/mol. The molecule has 1 aliphatic heterocycles. The molecule has 7 heteroatoms. The number of nitrogens with one attached hydrogen (secondary N) is 1. The van der Waals surface area contributed by atoms with Gasteiger partial charge in [-0.3, -0.25) is 9.59 Å². The molecule has 0 fully saturated rings. The van der Waals surface area contributed by atoms with Gasteiger partial charge in [-0.2, -0.15) is 5.10 Å². The van der Waals surface area contributed by atoms with E-state index in [0.29, 0.717) is 25.9 Å². The van der Waals surface area contributed by atoms with Gasteiger partial charge in [0.1, 0.15) is 6.04 Å². The molecule has 160 valence electrons. The van der Waals surface area contributed by atoms with Gasteiger partial charge in [0.25, 0.3) is 0 Å². The number of fused-ring (bicyclic) bond motifs is 1. The summed E-state index contributed by atoms with van der Waals surface area (Å²) < 4.78 is 1.68. The van der Waals surface area contributed by atoms with Crippen LogP contribution in [0.15, 0.2) is 61.1 Å². The second kappa shape index (κ2) is 9.12. The first-order chi connectivity index (χ1) is 15.0. The highest BCUT2D eigenvalue weighted by Gasteiger charge is 2.34. The van der Waals surface area contributed by atoms with Gasteiger partial charge in [-0.25, -0.2) is 9.67 Å². The molecule has 4 rings (SSSR count). The van der Waals surface area contributed by atoms with Crippen LogP contribution in [0.4, 0.5) is 0 Å². The lowest BCUT2D eigenvalue weighted by molar-refractivity contribution is -0.142. The fourth-order valence-electron chi connectivity index (χ4n) is 3.85. The molecule has 2 amide bonds. The molecule has 3 aromatic rings. The Labute approximate surface area is 182 Å². The Hall–Kier alpha value is -3.48. The number of amides is 2. The maximum Gasteiger partial charge on any atom is 0.243 e. The van der Waals surface area contributed by atoms with E-state index in [9.17, 15) is 9.59 Å². The van der Waals surface area contributed by atoms with Crippen molar-refractivity contribution in [3.63, 3.8) is 0 Å². The van der Waals surface area contributed by atoms with Gasteiger partial charge in [0.2, 0.25) is 11.8 Å². The van der Waals surface area contributed by atoms with Gasteiger partial charge < -0.3 is 10.2 Å². The Kier molecular flexibility index (Phi) is 6.11. The smallest absolute Gasteiger partial charge is 0.243 e. The SMILES string of the molecule is CC(C)CC(=O)N1Cc2ccccc2CC1C(=O)NCc1ccc(-n2cccn2)nc1. The first-order valence-electron chi connectivity index (χ1n) is 10.6. The van der Waals surface area contributed by atoms with E-state index in [1.807, 2.05) is 62.5 Å². The quantitative estimate of drug-likeness (QED) is 0.669. The lowest BCUT2D eigenvalue weighted by atomic mass is 9.92. The van der Waals surface area contributed by atoms with Crippen molar-refractivity contribution in [2.24, 2.45) is 5.92 Å². The lowest BCUT2D eigenvalue weighted by Gasteiger charge is -2.36. The summed E-state index contributed by atoms with van der Waals surface area (Å²) in [7, 11) is 0. The Morgan fingerprint density at radius 1 is 1.13 bits per heavy atom. The molecular formula is C24H27N5O2. The van der Waals surface area contributed by atoms with Gasteiger partial charge in [-0.05, 0) is 34.7 Å². The second-order valence-electron chi connectivity index (χ2n) is 8.30. The Bertz CT molecular complexity index is 1040. The summed E-state index contributed by atoms with van der Waals surface area (Å²) in [5.74, 6) is 0.847. The van der Waals surface area contributed by atoms with Crippen LogP contribution in [0.5, 0.6) is 0 Å². The molecule has 7 nitrogen and oxygen atoms in total. The summed E-state index contributed by atoms with van der Waals surface area (Å²) in [6, 6.07) is 13.1. The molecule has 2 aromatic heterocycles. The number of pyridine rings is 1. The van der Waals surface area contributed by atoms with Crippen molar-refractivity contribution in [2.45, 2.75) is 45.8 Å². The van der Waals surface area contributed by atoms with Crippen molar-refractivity contribution in [2.75, 3.05) is 0 Å². The number of carbonyl (C=O) groups is 2. The van der Waals surface area contributed by atoms with Crippen LogP contribution in [-0.4, -0.2) is 37.5 Å². The van der Waals surface area contributed by atoms with Crippen LogP contribution < -0.4 is 5.32 Å². The second-order valence-corrected chi connectivity index (χ2v) is 8.30. The van der Waals surface area contributed by atoms with Gasteiger partial charge >= 0.3 is 0 Å². The minimum absolute atomic E-state index is 0.0231. The molecule has 0 saturated carbocycles. The van der Waals surface area contributed by atoms with E-state index in [1.165, 1.54) is 0 Å². The number of aromatic nitrogens is 3. The van der Waals surface area contributed by atoms with Gasteiger partial charge in [0.05, 0.1) is 0 Å². The largest absolute Gasteiger partial charge is 0.350 e. The maximum absolute atomic E-state index is 13.1. The zero-order valence-corrected chi connectivity index (χ0v) is 17.9. The highest BCUT2D eigenvalue weighted by atomic mass is 16.2. The zero-order chi connectivity index (χ0) is 21.8. The zero-order valence-electron chi connectivity index (χ0n) is 17.9. The predicted octanol–water partition coefficient (Wildman–Crippen LogP) is 2.88. The van der Waals surface area contributed by atoms with Crippen LogP contribution in [0, 0.1) is 5.92 Å². The summed E-state index contributed by atoms with van der Waals surface area (Å²) in [6.07, 6.45) is 6.22. The van der Waals surface area contributed by atoms with Crippen molar-refractivity contribution in [3.05, 3.63) is 77.7 Å². The van der Waals surface area contributed by atoms with Crippen molar-refractivity contribution in [3.8, 4) is 5.82 Å². The standard InChI is InChI=1S/C24H27N5O2/c1-17(2)12-23(30)28-16-20-7-4-3-6-19(20)13-21(28)24(31)26-15-18-8-9-22(25-14-18)29-11-5-10-27-29/h3-11,14,17,21H,12-13,15-16H2,1-2H3,(H,26,31). The highest BCUT2D eigenvalue weighted by molar-refractivity contribution is 5.88. The minimum atomic E-state index is -0.502. The summed E-state index contributed by atoms with van der Waals surface area (Å²) >= 11 is 0. The van der Waals surface area contributed by atoms with Crippen molar-refractivity contribution in [1.82, 2.24) is 25.0 Å². The summed E-state index contributed by atoms with van der Waals surface area (Å²) in [6.45, 7) is 4.87. The van der Waals surface area contributed by atoms with Crippen molar-refractivity contribution < 1.29 is 9.59 Å². The van der Waals surface area contributed by atoms with E-state index in [2.05, 4.69) is 15.4 Å². The lowest BCUT2D eigenvalue weighted by Crippen LogP contribution is -2.52. The number of carbonyl (C=O) groups excluding carboxylic acids is 2. The van der Waals surface area contributed by atoms with E-state index in [0.717, 1.165) is 22.5 Å². The summed E-state index contributed by atoms with van der Waals surface area (Å²) in [5.41, 5.74) is 3.13. The first-order valence-corrected chi connectivity index (χ1v) is 10.6. The van der Waals surface area contributed by atoms with E-state index >= 15 is 0 Å². The molecule has 31 heavy (non-hydrogen) atoms. The average molecular weight is 418 g/mol. The summed E-state index contributed by atoms with van der Waals surface area (Å²) in [4.78, 5) is 32.1. The molecule has 1 atom stereocenters. The number of benzene rings is 1. The van der Waals surface area contributed by atoms with Crippen LogP contribution in [0.25, 0.3) is 5.82 Å². The molecule has 3 heterocycles. The molecule has 1 unspecified atom stereocenters. The molecule has 0 spiro atoms. The topological polar surface area (TPSA) is 80.1 Å².